The second-order valence-corrected chi connectivity index (χ2v) is 8.20. The lowest BCUT2D eigenvalue weighted by Crippen LogP contribution is -2.57. The molecule has 0 aromatic heterocycles. The van der Waals surface area contributed by atoms with Gasteiger partial charge in [0, 0.05) is 6.42 Å². The van der Waals surface area contributed by atoms with Crippen molar-refractivity contribution < 1.29 is 38.2 Å². The lowest BCUT2D eigenvalue weighted by molar-refractivity contribution is -0.157. The fourth-order valence-electron chi connectivity index (χ4n) is 3.58. The van der Waals surface area contributed by atoms with Crippen LogP contribution < -0.4 is 16.4 Å². The van der Waals surface area contributed by atoms with Crippen LogP contribution in [-0.2, 0) is 46.4 Å². The molecule has 0 fully saturated rings. The van der Waals surface area contributed by atoms with Gasteiger partial charge in [0.05, 0.1) is 25.6 Å². The SMILES string of the molecule is CCOC(=O)C[C@@H](C(=O)OCC)[C@H](NC(=O)[C@H](Cc1ccccc1)NC(=O)OCc1ccccc1)C(N)=O. The highest BCUT2D eigenvalue weighted by Gasteiger charge is 2.38. The molecule has 2 aromatic carbocycles. The van der Waals surface area contributed by atoms with E-state index in [0.29, 0.717) is 5.56 Å². The van der Waals surface area contributed by atoms with Crippen molar-refractivity contribution in [3.8, 4) is 0 Å². The van der Waals surface area contributed by atoms with E-state index in [1.54, 1.807) is 68.4 Å². The minimum Gasteiger partial charge on any atom is -0.466 e. The minimum atomic E-state index is -1.61. The van der Waals surface area contributed by atoms with E-state index in [1.807, 2.05) is 6.07 Å². The summed E-state index contributed by atoms with van der Waals surface area (Å²) in [4.78, 5) is 62.9. The number of alkyl carbamates (subject to hydrolysis) is 1. The number of esters is 2. The Morgan fingerprint density at radius 1 is 0.789 bits per heavy atom. The van der Waals surface area contributed by atoms with Crippen LogP contribution in [-0.4, -0.2) is 55.1 Å². The number of nitrogens with two attached hydrogens (primary N) is 1. The van der Waals surface area contributed by atoms with Crippen molar-refractivity contribution in [1.82, 2.24) is 10.6 Å². The second kappa shape index (κ2) is 15.6. The largest absolute Gasteiger partial charge is 0.466 e. The Morgan fingerprint density at radius 2 is 1.37 bits per heavy atom. The molecule has 0 saturated carbocycles. The summed E-state index contributed by atoms with van der Waals surface area (Å²) in [5.41, 5.74) is 6.97. The molecule has 2 rings (SSSR count). The van der Waals surface area contributed by atoms with Crippen LogP contribution in [0, 0.1) is 5.92 Å². The topological polar surface area (TPSA) is 163 Å². The highest BCUT2D eigenvalue weighted by molar-refractivity contribution is 5.95. The van der Waals surface area contributed by atoms with Gasteiger partial charge in [0.25, 0.3) is 0 Å². The maximum atomic E-state index is 13.3. The molecule has 204 valence electrons. The number of benzene rings is 2. The third kappa shape index (κ3) is 9.92. The third-order valence-electron chi connectivity index (χ3n) is 5.39. The molecule has 0 spiro atoms. The van der Waals surface area contributed by atoms with Gasteiger partial charge in [-0.2, -0.15) is 0 Å². The van der Waals surface area contributed by atoms with E-state index in [4.69, 9.17) is 19.9 Å². The third-order valence-corrected chi connectivity index (χ3v) is 5.39. The Morgan fingerprint density at radius 3 is 1.92 bits per heavy atom. The van der Waals surface area contributed by atoms with E-state index >= 15 is 0 Å². The molecule has 0 bridgehead atoms. The van der Waals surface area contributed by atoms with Gasteiger partial charge in [-0.25, -0.2) is 4.79 Å². The molecule has 3 amide bonds. The molecule has 0 aliphatic rings. The van der Waals surface area contributed by atoms with Gasteiger partial charge in [-0.3, -0.25) is 19.2 Å². The maximum Gasteiger partial charge on any atom is 0.408 e. The van der Waals surface area contributed by atoms with Gasteiger partial charge in [0.15, 0.2) is 0 Å². The quantitative estimate of drug-likeness (QED) is 0.246. The summed E-state index contributed by atoms with van der Waals surface area (Å²) in [6.07, 6.45) is -1.37. The number of rotatable bonds is 14. The first kappa shape index (κ1) is 29.8. The number of hydrogen-bond donors (Lipinski definition) is 3. The Kier molecular flexibility index (Phi) is 12.3. The lowest BCUT2D eigenvalue weighted by atomic mass is 9.94. The molecule has 2 aromatic rings. The molecule has 4 N–H and O–H groups in total. The first-order chi connectivity index (χ1) is 18.2. The number of amides is 3. The normalized spacial score (nSPS) is 12.8. The van der Waals surface area contributed by atoms with E-state index in [9.17, 15) is 24.0 Å². The van der Waals surface area contributed by atoms with Crippen molar-refractivity contribution in [3.05, 3.63) is 71.8 Å². The fourth-order valence-corrected chi connectivity index (χ4v) is 3.58. The number of carbonyl (C=O) groups is 5. The van der Waals surface area contributed by atoms with Crippen LogP contribution in [0.5, 0.6) is 0 Å². The van der Waals surface area contributed by atoms with Crippen LogP contribution in [0.2, 0.25) is 0 Å². The van der Waals surface area contributed by atoms with E-state index in [0.717, 1.165) is 5.56 Å². The molecule has 0 unspecified atom stereocenters. The zero-order chi connectivity index (χ0) is 27.9. The predicted molar refractivity (Wildman–Crippen MR) is 136 cm³/mol. The zero-order valence-electron chi connectivity index (χ0n) is 21.4. The molecule has 0 aliphatic carbocycles. The average molecular weight is 528 g/mol. The van der Waals surface area contributed by atoms with Gasteiger partial charge in [0.1, 0.15) is 18.7 Å². The molecule has 0 radical (unpaired) electrons. The van der Waals surface area contributed by atoms with Crippen LogP contribution in [0.15, 0.2) is 60.7 Å². The highest BCUT2D eigenvalue weighted by atomic mass is 16.6. The molecule has 0 heterocycles. The van der Waals surface area contributed by atoms with Crippen molar-refractivity contribution in [2.75, 3.05) is 13.2 Å². The van der Waals surface area contributed by atoms with Crippen molar-refractivity contribution >= 4 is 29.8 Å². The van der Waals surface area contributed by atoms with E-state index in [-0.39, 0.29) is 26.2 Å². The Labute approximate surface area is 221 Å². The van der Waals surface area contributed by atoms with E-state index in [1.165, 1.54) is 0 Å². The molecular formula is C27H33N3O8. The smallest absolute Gasteiger partial charge is 0.408 e. The van der Waals surface area contributed by atoms with Crippen LogP contribution in [0.25, 0.3) is 0 Å². The molecule has 0 saturated heterocycles. The van der Waals surface area contributed by atoms with Gasteiger partial charge in [-0.15, -0.1) is 0 Å². The standard InChI is InChI=1S/C27H33N3O8/c1-3-36-22(31)16-20(26(34)37-4-2)23(24(28)32)30-25(33)21(15-18-11-7-5-8-12-18)29-27(35)38-17-19-13-9-6-10-14-19/h5-14,20-21,23H,3-4,15-17H2,1-2H3,(H2,28,32)(H,29,35)(H,30,33)/t20-,21+,23+/m1/s1. The summed E-state index contributed by atoms with van der Waals surface area (Å²) in [5.74, 6) is -4.98. The number of carbonyl (C=O) groups excluding carboxylic acids is 5. The summed E-state index contributed by atoms with van der Waals surface area (Å²) in [5, 5.41) is 4.91. The summed E-state index contributed by atoms with van der Waals surface area (Å²) < 4.78 is 15.1. The summed E-state index contributed by atoms with van der Waals surface area (Å²) in [6.45, 7) is 3.14. The van der Waals surface area contributed by atoms with E-state index < -0.39 is 54.3 Å². The molecule has 38 heavy (non-hydrogen) atoms. The van der Waals surface area contributed by atoms with Gasteiger partial charge in [0.2, 0.25) is 11.8 Å². The first-order valence-corrected chi connectivity index (χ1v) is 12.2. The maximum absolute atomic E-state index is 13.3. The Balaban J connectivity index is 2.23. The number of nitrogens with one attached hydrogen (secondary N) is 2. The van der Waals surface area contributed by atoms with Crippen LogP contribution in [0.4, 0.5) is 4.79 Å². The number of hydrogen-bond acceptors (Lipinski definition) is 8. The Bertz CT molecular complexity index is 1080. The van der Waals surface area contributed by atoms with Crippen molar-refractivity contribution in [1.29, 1.82) is 0 Å². The first-order valence-electron chi connectivity index (χ1n) is 12.2. The second-order valence-electron chi connectivity index (χ2n) is 8.20. The Hall–Kier alpha value is -4.41. The van der Waals surface area contributed by atoms with Crippen molar-refractivity contribution in [2.24, 2.45) is 11.7 Å². The monoisotopic (exact) mass is 527 g/mol. The van der Waals surface area contributed by atoms with Crippen LogP contribution in [0.3, 0.4) is 0 Å². The van der Waals surface area contributed by atoms with E-state index in [2.05, 4.69) is 10.6 Å². The van der Waals surface area contributed by atoms with Crippen LogP contribution in [0.1, 0.15) is 31.4 Å². The van der Waals surface area contributed by atoms with Gasteiger partial charge >= 0.3 is 18.0 Å². The molecule has 11 nitrogen and oxygen atoms in total. The summed E-state index contributed by atoms with van der Waals surface area (Å²) >= 11 is 0. The summed E-state index contributed by atoms with van der Waals surface area (Å²) in [6, 6.07) is 15.0. The number of primary amides is 1. The van der Waals surface area contributed by atoms with Crippen molar-refractivity contribution in [2.45, 2.75) is 45.4 Å². The average Bonchev–Trinajstić information content (AvgIpc) is 2.90. The lowest BCUT2D eigenvalue weighted by Gasteiger charge is -2.26. The molecule has 11 heteroatoms. The fraction of sp³-hybridized carbons (Fsp3) is 0.370. The zero-order valence-corrected chi connectivity index (χ0v) is 21.4. The van der Waals surface area contributed by atoms with Gasteiger partial charge in [-0.05, 0) is 25.0 Å². The van der Waals surface area contributed by atoms with Crippen molar-refractivity contribution in [3.63, 3.8) is 0 Å². The van der Waals surface area contributed by atoms with Gasteiger partial charge in [-0.1, -0.05) is 60.7 Å². The molecule has 0 aliphatic heterocycles. The van der Waals surface area contributed by atoms with Crippen LogP contribution >= 0.6 is 0 Å². The minimum absolute atomic E-state index is 0.0248. The number of ether oxygens (including phenoxy) is 3. The highest BCUT2D eigenvalue weighted by Crippen LogP contribution is 2.15. The molecular weight excluding hydrogens is 494 g/mol. The summed E-state index contributed by atoms with van der Waals surface area (Å²) in [7, 11) is 0. The van der Waals surface area contributed by atoms with Gasteiger partial charge < -0.3 is 30.6 Å². The molecule has 3 atom stereocenters. The predicted octanol–water partition coefficient (Wildman–Crippen LogP) is 1.63.